The van der Waals surface area contributed by atoms with Crippen molar-refractivity contribution in [3.8, 4) is 0 Å². The molecule has 1 aliphatic rings. The summed E-state index contributed by atoms with van der Waals surface area (Å²) in [5, 5.41) is 8.55. The normalized spacial score (nSPS) is 15.0. The first-order valence-corrected chi connectivity index (χ1v) is 9.54. The summed E-state index contributed by atoms with van der Waals surface area (Å²) in [6, 6.07) is 7.46. The Bertz CT molecular complexity index is 748. The van der Waals surface area contributed by atoms with Gasteiger partial charge in [-0.3, -0.25) is 19.7 Å². The molecule has 0 unspecified atom stereocenters. The lowest BCUT2D eigenvalue weighted by Crippen LogP contribution is -2.48. The van der Waals surface area contributed by atoms with Crippen LogP contribution in [0.5, 0.6) is 0 Å². The van der Waals surface area contributed by atoms with Gasteiger partial charge in [0.25, 0.3) is 5.91 Å². The van der Waals surface area contributed by atoms with Crippen molar-refractivity contribution >= 4 is 11.9 Å². The molecule has 1 fully saturated rings. The largest absolute Gasteiger partial charge is 0.350 e. The summed E-state index contributed by atoms with van der Waals surface area (Å²) in [7, 11) is 0. The molecule has 2 aromatic rings. The summed E-state index contributed by atoms with van der Waals surface area (Å²) < 4.78 is 0. The number of carbonyl (C=O) groups is 2. The number of hydrogen-bond acceptors (Lipinski definition) is 5. The van der Waals surface area contributed by atoms with Gasteiger partial charge in [0.05, 0.1) is 5.56 Å². The van der Waals surface area contributed by atoms with E-state index in [1.807, 2.05) is 24.5 Å². The molecule has 0 aromatic carbocycles. The van der Waals surface area contributed by atoms with Gasteiger partial charge in [-0.1, -0.05) is 0 Å². The van der Waals surface area contributed by atoms with Gasteiger partial charge in [0.2, 0.25) is 0 Å². The molecule has 0 spiro atoms. The smallest absolute Gasteiger partial charge is 0.315 e. The predicted octanol–water partition coefficient (Wildman–Crippen LogP) is 1.17. The van der Waals surface area contributed by atoms with Crippen LogP contribution >= 0.6 is 0 Å². The van der Waals surface area contributed by atoms with Crippen molar-refractivity contribution in [3.63, 3.8) is 0 Å². The van der Waals surface area contributed by atoms with Crippen molar-refractivity contribution in [2.24, 2.45) is 0 Å². The number of nitrogens with zero attached hydrogens (tertiary/aromatic N) is 3. The van der Waals surface area contributed by atoms with Crippen LogP contribution in [0.15, 0.2) is 49.1 Å². The van der Waals surface area contributed by atoms with Gasteiger partial charge in [-0.2, -0.15) is 0 Å². The maximum Gasteiger partial charge on any atom is 0.315 e. The molecule has 3 amide bonds. The Morgan fingerprint density at radius 2 is 1.75 bits per heavy atom. The van der Waals surface area contributed by atoms with Crippen molar-refractivity contribution in [2.75, 3.05) is 26.2 Å². The molecule has 3 heterocycles. The third-order valence-corrected chi connectivity index (χ3v) is 4.70. The molecule has 0 aliphatic carbocycles. The minimum Gasteiger partial charge on any atom is -0.350 e. The molecule has 3 rings (SSSR count). The number of piperidine rings is 1. The molecular weight excluding hydrogens is 356 g/mol. The molecule has 1 aliphatic heterocycles. The Morgan fingerprint density at radius 3 is 2.46 bits per heavy atom. The minimum atomic E-state index is -0.197. The Morgan fingerprint density at radius 1 is 1.00 bits per heavy atom. The highest BCUT2D eigenvalue weighted by Gasteiger charge is 2.20. The topological polar surface area (TPSA) is 99.2 Å². The SMILES string of the molecule is O=C(NCCNC(=O)c1cccnc1)NC1CCN(Cc2ccncc2)CC1. The number of carbonyl (C=O) groups excluding carboxylic acids is 2. The fraction of sp³-hybridized carbons (Fsp3) is 0.400. The van der Waals surface area contributed by atoms with Gasteiger partial charge < -0.3 is 16.0 Å². The monoisotopic (exact) mass is 382 g/mol. The Labute approximate surface area is 164 Å². The van der Waals surface area contributed by atoms with Crippen LogP contribution < -0.4 is 16.0 Å². The van der Waals surface area contributed by atoms with E-state index in [9.17, 15) is 9.59 Å². The van der Waals surface area contributed by atoms with Crippen LogP contribution in [0, 0.1) is 0 Å². The second-order valence-electron chi connectivity index (χ2n) is 6.80. The first kappa shape index (κ1) is 19.8. The zero-order chi connectivity index (χ0) is 19.6. The van der Waals surface area contributed by atoms with E-state index in [4.69, 9.17) is 0 Å². The fourth-order valence-corrected chi connectivity index (χ4v) is 3.17. The summed E-state index contributed by atoms with van der Waals surface area (Å²) in [6.45, 7) is 3.56. The van der Waals surface area contributed by atoms with E-state index in [-0.39, 0.29) is 18.0 Å². The van der Waals surface area contributed by atoms with Crippen molar-refractivity contribution in [1.82, 2.24) is 30.8 Å². The van der Waals surface area contributed by atoms with Gasteiger partial charge in [0.15, 0.2) is 0 Å². The average molecular weight is 382 g/mol. The van der Waals surface area contributed by atoms with E-state index in [2.05, 4.69) is 30.8 Å². The lowest BCUT2D eigenvalue weighted by molar-refractivity contribution is 0.0953. The van der Waals surface area contributed by atoms with Crippen LogP contribution in [0.25, 0.3) is 0 Å². The van der Waals surface area contributed by atoms with Crippen molar-refractivity contribution in [2.45, 2.75) is 25.4 Å². The lowest BCUT2D eigenvalue weighted by Gasteiger charge is -2.32. The second kappa shape index (κ2) is 10.4. The van der Waals surface area contributed by atoms with Crippen molar-refractivity contribution in [3.05, 3.63) is 60.2 Å². The highest BCUT2D eigenvalue weighted by Crippen LogP contribution is 2.13. The number of amides is 3. The lowest BCUT2D eigenvalue weighted by atomic mass is 10.0. The Hall–Kier alpha value is -3.00. The summed E-state index contributed by atoms with van der Waals surface area (Å²) >= 11 is 0. The molecule has 28 heavy (non-hydrogen) atoms. The van der Waals surface area contributed by atoms with Crippen molar-refractivity contribution in [1.29, 1.82) is 0 Å². The molecule has 1 saturated heterocycles. The summed E-state index contributed by atoms with van der Waals surface area (Å²) in [5.41, 5.74) is 1.76. The van der Waals surface area contributed by atoms with Gasteiger partial charge in [0.1, 0.15) is 0 Å². The highest BCUT2D eigenvalue weighted by atomic mass is 16.2. The predicted molar refractivity (Wildman–Crippen MR) is 106 cm³/mol. The highest BCUT2D eigenvalue weighted by molar-refractivity contribution is 5.93. The van der Waals surface area contributed by atoms with E-state index >= 15 is 0 Å². The van der Waals surface area contributed by atoms with Gasteiger partial charge in [-0.15, -0.1) is 0 Å². The quantitative estimate of drug-likeness (QED) is 0.625. The zero-order valence-electron chi connectivity index (χ0n) is 15.8. The molecule has 0 saturated carbocycles. The average Bonchev–Trinajstić information content (AvgIpc) is 2.74. The van der Waals surface area contributed by atoms with Crippen LogP contribution in [-0.2, 0) is 6.54 Å². The summed E-state index contributed by atoms with van der Waals surface area (Å²) in [6.07, 6.45) is 8.61. The van der Waals surface area contributed by atoms with Crippen LogP contribution in [0.1, 0.15) is 28.8 Å². The number of urea groups is 1. The maximum absolute atomic E-state index is 12.0. The Kier molecular flexibility index (Phi) is 7.31. The molecule has 8 nitrogen and oxygen atoms in total. The van der Waals surface area contributed by atoms with E-state index in [0.717, 1.165) is 32.5 Å². The summed E-state index contributed by atoms with van der Waals surface area (Å²) in [4.78, 5) is 34.3. The summed E-state index contributed by atoms with van der Waals surface area (Å²) in [5.74, 6) is -0.197. The standard InChI is InChI=1S/C20H26N6O2/c27-19(17-2-1-7-22-14-17)23-10-11-24-20(28)25-18-5-12-26(13-6-18)15-16-3-8-21-9-4-16/h1-4,7-9,14,18H,5-6,10-13,15H2,(H,23,27)(H2,24,25,28). The van der Waals surface area contributed by atoms with Gasteiger partial charge >= 0.3 is 6.03 Å². The first-order valence-electron chi connectivity index (χ1n) is 9.54. The molecule has 0 bridgehead atoms. The fourth-order valence-electron chi connectivity index (χ4n) is 3.17. The number of likely N-dealkylation sites (tertiary alicyclic amines) is 1. The molecule has 2 aromatic heterocycles. The van der Waals surface area contributed by atoms with Gasteiger partial charge in [-0.25, -0.2) is 4.79 Å². The third kappa shape index (κ3) is 6.31. The van der Waals surface area contributed by atoms with E-state index in [1.54, 1.807) is 18.3 Å². The molecule has 0 radical (unpaired) electrons. The van der Waals surface area contributed by atoms with Crippen LogP contribution in [0.4, 0.5) is 4.79 Å². The second-order valence-corrected chi connectivity index (χ2v) is 6.80. The van der Waals surface area contributed by atoms with Gasteiger partial charge in [-0.05, 0) is 42.7 Å². The zero-order valence-corrected chi connectivity index (χ0v) is 15.8. The van der Waals surface area contributed by atoms with E-state index in [1.165, 1.54) is 11.8 Å². The van der Waals surface area contributed by atoms with Gasteiger partial charge in [0, 0.05) is 63.6 Å². The molecular formula is C20H26N6O2. The molecule has 3 N–H and O–H groups in total. The molecule has 0 atom stereocenters. The van der Waals surface area contributed by atoms with Crippen LogP contribution in [-0.4, -0.2) is 59.0 Å². The van der Waals surface area contributed by atoms with Crippen LogP contribution in [0.3, 0.4) is 0 Å². The molecule has 148 valence electrons. The first-order chi connectivity index (χ1) is 13.7. The molecule has 8 heteroatoms. The maximum atomic E-state index is 12.0. The number of aromatic nitrogens is 2. The Balaban J connectivity index is 1.28. The third-order valence-electron chi connectivity index (χ3n) is 4.70. The minimum absolute atomic E-state index is 0.179. The number of pyridine rings is 2. The van der Waals surface area contributed by atoms with Crippen molar-refractivity contribution < 1.29 is 9.59 Å². The number of nitrogens with one attached hydrogen (secondary N) is 3. The van der Waals surface area contributed by atoms with Crippen LogP contribution in [0.2, 0.25) is 0 Å². The van der Waals surface area contributed by atoms with E-state index < -0.39 is 0 Å². The number of rotatable bonds is 7. The van der Waals surface area contributed by atoms with E-state index in [0.29, 0.717) is 18.7 Å². The number of hydrogen-bond donors (Lipinski definition) is 3.